The summed E-state index contributed by atoms with van der Waals surface area (Å²) in [5.74, 6) is 0.942. The van der Waals surface area contributed by atoms with Crippen molar-refractivity contribution in [3.63, 3.8) is 0 Å². The van der Waals surface area contributed by atoms with Crippen LogP contribution in [0.2, 0.25) is 0 Å². The fourth-order valence-electron chi connectivity index (χ4n) is 3.12. The second-order valence-corrected chi connectivity index (χ2v) is 6.87. The number of halogens is 1. The van der Waals surface area contributed by atoms with E-state index < -0.39 is 6.04 Å². The predicted molar refractivity (Wildman–Crippen MR) is 106 cm³/mol. The Bertz CT molecular complexity index is 930. The van der Waals surface area contributed by atoms with E-state index in [0.717, 1.165) is 22.4 Å². The van der Waals surface area contributed by atoms with Gasteiger partial charge in [-0.05, 0) is 54.8 Å². The van der Waals surface area contributed by atoms with Crippen LogP contribution in [0, 0.1) is 19.7 Å². The Balaban J connectivity index is 1.66. The number of rotatable bonds is 7. The van der Waals surface area contributed by atoms with Gasteiger partial charge in [-0.15, -0.1) is 0 Å². The number of benzene rings is 2. The molecule has 5 nitrogen and oxygen atoms in total. The summed E-state index contributed by atoms with van der Waals surface area (Å²) in [5.41, 5.74) is 3.00. The van der Waals surface area contributed by atoms with E-state index in [2.05, 4.69) is 16.4 Å². The van der Waals surface area contributed by atoms with Gasteiger partial charge in [0.25, 0.3) is 0 Å². The molecule has 0 unspecified atom stereocenters. The van der Waals surface area contributed by atoms with Crippen molar-refractivity contribution in [1.82, 2.24) is 14.9 Å². The number of imidazole rings is 1. The zero-order chi connectivity index (χ0) is 20.1. The van der Waals surface area contributed by atoms with E-state index in [9.17, 15) is 9.18 Å². The molecule has 0 saturated heterocycles. The minimum absolute atomic E-state index is 0.165. The lowest BCUT2D eigenvalue weighted by atomic mass is 10.1. The molecule has 0 aliphatic carbocycles. The Kier molecular flexibility index (Phi) is 6.09. The second kappa shape index (κ2) is 8.69. The Morgan fingerprint density at radius 3 is 2.46 bits per heavy atom. The van der Waals surface area contributed by atoms with Gasteiger partial charge in [-0.2, -0.15) is 0 Å². The molecule has 6 heteroatoms. The van der Waals surface area contributed by atoms with Gasteiger partial charge in [-0.3, -0.25) is 4.79 Å². The summed E-state index contributed by atoms with van der Waals surface area (Å²) in [4.78, 5) is 16.9. The number of aromatic nitrogens is 2. The largest absolute Gasteiger partial charge is 0.493 e. The molecule has 1 atom stereocenters. The summed E-state index contributed by atoms with van der Waals surface area (Å²) in [6, 6.07) is 11.6. The summed E-state index contributed by atoms with van der Waals surface area (Å²) >= 11 is 0. The number of nitrogens with zero attached hydrogens (tertiary/aromatic N) is 2. The number of ether oxygens (including phenoxy) is 1. The summed E-state index contributed by atoms with van der Waals surface area (Å²) in [6.07, 6.45) is 3.68. The summed E-state index contributed by atoms with van der Waals surface area (Å²) < 4.78 is 20.9. The predicted octanol–water partition coefficient (Wildman–Crippen LogP) is 3.85. The Hall–Kier alpha value is -3.15. The number of aryl methyl sites for hydroxylation is 3. The lowest BCUT2D eigenvalue weighted by Gasteiger charge is -2.19. The molecule has 0 bridgehead atoms. The van der Waals surface area contributed by atoms with Gasteiger partial charge < -0.3 is 14.6 Å². The molecular weight excluding hydrogens is 357 g/mol. The monoisotopic (exact) mass is 381 g/mol. The zero-order valence-corrected chi connectivity index (χ0v) is 16.3. The fraction of sp³-hybridized carbons (Fsp3) is 0.273. The van der Waals surface area contributed by atoms with E-state index in [-0.39, 0.29) is 24.8 Å². The smallest absolute Gasteiger partial charge is 0.224 e. The number of hydrogen-bond acceptors (Lipinski definition) is 3. The van der Waals surface area contributed by atoms with E-state index in [0.29, 0.717) is 5.82 Å². The average molecular weight is 381 g/mol. The maximum atomic E-state index is 13.3. The highest BCUT2D eigenvalue weighted by Gasteiger charge is 2.20. The highest BCUT2D eigenvalue weighted by molar-refractivity contribution is 5.77. The van der Waals surface area contributed by atoms with E-state index in [1.807, 2.05) is 37.6 Å². The summed E-state index contributed by atoms with van der Waals surface area (Å²) in [6.45, 7) is 4.28. The molecule has 0 fully saturated rings. The van der Waals surface area contributed by atoms with E-state index in [1.165, 1.54) is 12.1 Å². The highest BCUT2D eigenvalue weighted by Crippen LogP contribution is 2.21. The molecule has 2 aromatic carbocycles. The first-order valence-corrected chi connectivity index (χ1v) is 9.15. The second-order valence-electron chi connectivity index (χ2n) is 6.87. The Labute approximate surface area is 164 Å². The fourth-order valence-corrected chi connectivity index (χ4v) is 3.12. The summed E-state index contributed by atoms with van der Waals surface area (Å²) in [7, 11) is 1.86. The molecular formula is C22H24FN3O2. The maximum Gasteiger partial charge on any atom is 0.224 e. The van der Waals surface area contributed by atoms with Gasteiger partial charge in [0.2, 0.25) is 5.91 Å². The number of carbonyl (C=O) groups is 1. The molecule has 3 rings (SSSR count). The standard InChI is InChI=1S/C22H24FN3O2/c1-15-12-16(2)14-19(13-15)28-11-8-20(27)25-21(22-24-9-10-26(22)3)17-4-6-18(23)7-5-17/h4-7,9-10,12-14,21H,8,11H2,1-3H3,(H,25,27)/t21-/m0/s1. The number of hydrogen-bond donors (Lipinski definition) is 1. The summed E-state index contributed by atoms with van der Waals surface area (Å²) in [5, 5.41) is 2.98. The van der Waals surface area contributed by atoms with Crippen molar-refractivity contribution in [3.05, 3.63) is 83.2 Å². The third kappa shape index (κ3) is 4.97. The molecule has 1 heterocycles. The van der Waals surface area contributed by atoms with Gasteiger partial charge in [0.1, 0.15) is 23.4 Å². The van der Waals surface area contributed by atoms with E-state index in [4.69, 9.17) is 4.74 Å². The van der Waals surface area contributed by atoms with Gasteiger partial charge in [0.15, 0.2) is 0 Å². The number of nitrogens with one attached hydrogen (secondary N) is 1. The van der Waals surface area contributed by atoms with Crippen LogP contribution in [-0.4, -0.2) is 22.1 Å². The quantitative estimate of drug-likeness (QED) is 0.676. The molecule has 1 aromatic heterocycles. The number of carbonyl (C=O) groups excluding carboxylic acids is 1. The Morgan fingerprint density at radius 2 is 1.86 bits per heavy atom. The molecule has 146 valence electrons. The SMILES string of the molecule is Cc1cc(C)cc(OCCC(=O)N[C@@H](c2ccc(F)cc2)c2nccn2C)c1. The van der Waals surface area contributed by atoms with Crippen molar-refractivity contribution in [3.8, 4) is 5.75 Å². The third-order valence-electron chi connectivity index (χ3n) is 4.42. The molecule has 1 amide bonds. The van der Waals surface area contributed by atoms with Crippen molar-refractivity contribution >= 4 is 5.91 Å². The van der Waals surface area contributed by atoms with Crippen LogP contribution < -0.4 is 10.1 Å². The lowest BCUT2D eigenvalue weighted by Crippen LogP contribution is -2.32. The van der Waals surface area contributed by atoms with Crippen LogP contribution in [0.1, 0.15) is 35.0 Å². The van der Waals surface area contributed by atoms with E-state index >= 15 is 0 Å². The van der Waals surface area contributed by atoms with Crippen molar-refractivity contribution in [2.45, 2.75) is 26.3 Å². The van der Waals surface area contributed by atoms with Gasteiger partial charge in [-0.25, -0.2) is 9.37 Å². The van der Waals surface area contributed by atoms with Crippen molar-refractivity contribution < 1.29 is 13.9 Å². The first-order valence-electron chi connectivity index (χ1n) is 9.15. The molecule has 1 N–H and O–H groups in total. The topological polar surface area (TPSA) is 56.1 Å². The molecule has 0 aliphatic heterocycles. The van der Waals surface area contributed by atoms with Crippen LogP contribution >= 0.6 is 0 Å². The third-order valence-corrected chi connectivity index (χ3v) is 4.42. The molecule has 3 aromatic rings. The average Bonchev–Trinajstić information content (AvgIpc) is 3.05. The van der Waals surface area contributed by atoms with Crippen LogP contribution in [0.4, 0.5) is 4.39 Å². The molecule has 28 heavy (non-hydrogen) atoms. The van der Waals surface area contributed by atoms with Gasteiger partial charge >= 0.3 is 0 Å². The minimum atomic E-state index is -0.464. The van der Waals surface area contributed by atoms with Crippen molar-refractivity contribution in [1.29, 1.82) is 0 Å². The van der Waals surface area contributed by atoms with Crippen molar-refractivity contribution in [2.75, 3.05) is 6.61 Å². The first kappa shape index (κ1) is 19.6. The van der Waals surface area contributed by atoms with Crippen LogP contribution in [0.3, 0.4) is 0 Å². The van der Waals surface area contributed by atoms with Crippen molar-refractivity contribution in [2.24, 2.45) is 7.05 Å². The van der Waals surface area contributed by atoms with Gasteiger partial charge in [-0.1, -0.05) is 18.2 Å². The minimum Gasteiger partial charge on any atom is -0.493 e. The molecule has 0 radical (unpaired) electrons. The lowest BCUT2D eigenvalue weighted by molar-refractivity contribution is -0.122. The van der Waals surface area contributed by atoms with Crippen LogP contribution in [0.25, 0.3) is 0 Å². The van der Waals surface area contributed by atoms with Crippen LogP contribution in [0.15, 0.2) is 54.9 Å². The molecule has 0 spiro atoms. The first-order chi connectivity index (χ1) is 13.4. The zero-order valence-electron chi connectivity index (χ0n) is 16.3. The normalized spacial score (nSPS) is 11.9. The maximum absolute atomic E-state index is 13.3. The van der Waals surface area contributed by atoms with Gasteiger partial charge in [0.05, 0.1) is 13.0 Å². The van der Waals surface area contributed by atoms with E-state index in [1.54, 1.807) is 24.5 Å². The van der Waals surface area contributed by atoms with Gasteiger partial charge in [0, 0.05) is 19.4 Å². The van der Waals surface area contributed by atoms with Crippen LogP contribution in [-0.2, 0) is 11.8 Å². The van der Waals surface area contributed by atoms with Crippen LogP contribution in [0.5, 0.6) is 5.75 Å². The highest BCUT2D eigenvalue weighted by atomic mass is 19.1. The Morgan fingerprint density at radius 1 is 1.18 bits per heavy atom. The molecule has 0 saturated carbocycles. The molecule has 0 aliphatic rings. The number of amides is 1.